The van der Waals surface area contributed by atoms with Crippen LogP contribution in [0, 0.1) is 5.92 Å². The third kappa shape index (κ3) is 3.16. The minimum Gasteiger partial charge on any atom is -0.275 e. The lowest BCUT2D eigenvalue weighted by Gasteiger charge is -2.28. The van der Waals surface area contributed by atoms with Crippen molar-refractivity contribution in [2.45, 2.75) is 18.7 Å². The normalized spacial score (nSPS) is 23.2. The Balaban J connectivity index is 1.51. The lowest BCUT2D eigenvalue weighted by atomic mass is 9.90. The van der Waals surface area contributed by atoms with Crippen LogP contribution in [-0.4, -0.2) is 22.8 Å². The van der Waals surface area contributed by atoms with Crippen LogP contribution >= 0.6 is 11.6 Å². The van der Waals surface area contributed by atoms with Gasteiger partial charge in [0, 0.05) is 5.02 Å². The SMILES string of the molecule is O=C1C2ON(c3ccc(Cl)cc3)C(c3ccccc3)C2C(=O)N1Cc1ccccc1. The van der Waals surface area contributed by atoms with Crippen molar-refractivity contribution in [3.63, 3.8) is 0 Å². The fourth-order valence-corrected chi connectivity index (χ4v) is 4.32. The summed E-state index contributed by atoms with van der Waals surface area (Å²) in [5, 5.41) is 2.28. The molecule has 0 radical (unpaired) electrons. The standard InChI is InChI=1S/C24H19ClN2O3/c25-18-11-13-19(14-12-18)27-21(17-9-5-2-6-10-17)20-22(30-27)24(29)26(23(20)28)15-16-7-3-1-4-8-16/h1-14,20-22H,15H2. The zero-order chi connectivity index (χ0) is 20.7. The zero-order valence-electron chi connectivity index (χ0n) is 16.0. The number of anilines is 1. The molecule has 5 nitrogen and oxygen atoms in total. The maximum Gasteiger partial charge on any atom is 0.262 e. The first-order valence-corrected chi connectivity index (χ1v) is 10.2. The zero-order valence-corrected chi connectivity index (χ0v) is 16.8. The highest BCUT2D eigenvalue weighted by Gasteiger charge is 2.59. The second kappa shape index (κ2) is 7.59. The van der Waals surface area contributed by atoms with E-state index in [2.05, 4.69) is 0 Å². The Morgan fingerprint density at radius 2 is 1.43 bits per heavy atom. The van der Waals surface area contributed by atoms with Gasteiger partial charge in [0.15, 0.2) is 6.10 Å². The molecule has 2 aliphatic rings. The molecule has 3 atom stereocenters. The summed E-state index contributed by atoms with van der Waals surface area (Å²) in [6, 6.07) is 26.0. The number of carbonyl (C=O) groups is 2. The Hall–Kier alpha value is -3.15. The van der Waals surface area contributed by atoms with E-state index < -0.39 is 18.1 Å². The van der Waals surface area contributed by atoms with Crippen LogP contribution in [0.4, 0.5) is 5.69 Å². The van der Waals surface area contributed by atoms with Crippen LogP contribution in [0.25, 0.3) is 0 Å². The van der Waals surface area contributed by atoms with Crippen molar-refractivity contribution in [2.75, 3.05) is 5.06 Å². The molecule has 150 valence electrons. The average molecular weight is 419 g/mol. The van der Waals surface area contributed by atoms with Crippen LogP contribution in [0.2, 0.25) is 5.02 Å². The maximum atomic E-state index is 13.4. The van der Waals surface area contributed by atoms with Gasteiger partial charge in [0.25, 0.3) is 5.91 Å². The summed E-state index contributed by atoms with van der Waals surface area (Å²) in [6.45, 7) is 0.247. The van der Waals surface area contributed by atoms with Gasteiger partial charge >= 0.3 is 0 Å². The second-order valence-electron chi connectivity index (χ2n) is 7.46. The summed E-state index contributed by atoms with van der Waals surface area (Å²) < 4.78 is 0. The minimum absolute atomic E-state index is 0.209. The molecule has 2 heterocycles. The van der Waals surface area contributed by atoms with Crippen LogP contribution in [0.5, 0.6) is 0 Å². The van der Waals surface area contributed by atoms with E-state index in [1.54, 1.807) is 17.2 Å². The third-order valence-corrected chi connectivity index (χ3v) is 5.86. The number of nitrogens with zero attached hydrogens (tertiary/aromatic N) is 2. The molecule has 3 aromatic rings. The first kappa shape index (κ1) is 18.9. The van der Waals surface area contributed by atoms with Gasteiger partial charge in [-0.1, -0.05) is 72.3 Å². The molecular formula is C24H19ClN2O3. The Labute approximate surface area is 179 Å². The van der Waals surface area contributed by atoms with Gasteiger partial charge in [0.05, 0.1) is 18.3 Å². The summed E-state index contributed by atoms with van der Waals surface area (Å²) in [4.78, 5) is 34.0. The van der Waals surface area contributed by atoms with Crippen molar-refractivity contribution in [3.8, 4) is 0 Å². The molecule has 0 aromatic heterocycles. The van der Waals surface area contributed by atoms with Gasteiger partial charge in [-0.15, -0.1) is 0 Å². The molecule has 3 aromatic carbocycles. The van der Waals surface area contributed by atoms with Gasteiger partial charge in [-0.2, -0.15) is 0 Å². The number of fused-ring (bicyclic) bond motifs is 1. The van der Waals surface area contributed by atoms with Crippen LogP contribution in [0.1, 0.15) is 17.2 Å². The molecule has 0 N–H and O–H groups in total. The number of hydrogen-bond donors (Lipinski definition) is 0. The number of amides is 2. The summed E-state index contributed by atoms with van der Waals surface area (Å²) in [7, 11) is 0. The first-order valence-electron chi connectivity index (χ1n) is 9.79. The van der Waals surface area contributed by atoms with Gasteiger partial charge < -0.3 is 0 Å². The Morgan fingerprint density at radius 3 is 2.10 bits per heavy atom. The number of halogens is 1. The molecule has 0 spiro atoms. The smallest absolute Gasteiger partial charge is 0.262 e. The second-order valence-corrected chi connectivity index (χ2v) is 7.89. The predicted octanol–water partition coefficient (Wildman–Crippen LogP) is 4.39. The van der Waals surface area contributed by atoms with Crippen molar-refractivity contribution < 1.29 is 14.4 Å². The number of carbonyl (C=O) groups excluding carboxylic acids is 2. The summed E-state index contributed by atoms with van der Waals surface area (Å²) in [6.07, 6.45) is -0.845. The Morgan fingerprint density at radius 1 is 0.800 bits per heavy atom. The van der Waals surface area contributed by atoms with Crippen molar-refractivity contribution in [3.05, 3.63) is 101 Å². The Kier molecular flexibility index (Phi) is 4.77. The van der Waals surface area contributed by atoms with E-state index >= 15 is 0 Å². The fraction of sp³-hybridized carbons (Fsp3) is 0.167. The molecular weight excluding hydrogens is 400 g/mol. The highest BCUT2D eigenvalue weighted by molar-refractivity contribution is 6.30. The fourth-order valence-electron chi connectivity index (χ4n) is 4.19. The molecule has 2 amide bonds. The van der Waals surface area contributed by atoms with E-state index in [1.807, 2.05) is 72.8 Å². The molecule has 5 rings (SSSR count). The van der Waals surface area contributed by atoms with Crippen LogP contribution in [0.3, 0.4) is 0 Å². The number of imide groups is 1. The molecule has 0 saturated carbocycles. The van der Waals surface area contributed by atoms with Gasteiger partial charge in [-0.25, -0.2) is 5.06 Å². The highest BCUT2D eigenvalue weighted by Crippen LogP contribution is 2.47. The van der Waals surface area contributed by atoms with E-state index in [0.29, 0.717) is 5.02 Å². The summed E-state index contributed by atoms with van der Waals surface area (Å²) in [5.74, 6) is -1.12. The molecule has 2 fully saturated rings. The predicted molar refractivity (Wildman–Crippen MR) is 113 cm³/mol. The summed E-state index contributed by atoms with van der Waals surface area (Å²) in [5.41, 5.74) is 2.57. The average Bonchev–Trinajstić information content (AvgIpc) is 3.28. The van der Waals surface area contributed by atoms with E-state index in [9.17, 15) is 9.59 Å². The van der Waals surface area contributed by atoms with Gasteiger partial charge in [0.1, 0.15) is 5.92 Å². The van der Waals surface area contributed by atoms with Gasteiger partial charge in [0.2, 0.25) is 5.91 Å². The quantitative estimate of drug-likeness (QED) is 0.590. The lowest BCUT2D eigenvalue weighted by Crippen LogP contribution is -2.36. The van der Waals surface area contributed by atoms with E-state index in [0.717, 1.165) is 16.8 Å². The molecule has 30 heavy (non-hydrogen) atoms. The first-order chi connectivity index (χ1) is 14.6. The van der Waals surface area contributed by atoms with Crippen LogP contribution < -0.4 is 5.06 Å². The molecule has 0 bridgehead atoms. The third-order valence-electron chi connectivity index (χ3n) is 5.61. The van der Waals surface area contributed by atoms with E-state index in [4.69, 9.17) is 16.4 Å². The van der Waals surface area contributed by atoms with Crippen LogP contribution in [-0.2, 0) is 21.0 Å². The monoisotopic (exact) mass is 418 g/mol. The summed E-state index contributed by atoms with van der Waals surface area (Å²) >= 11 is 6.04. The van der Waals surface area contributed by atoms with Crippen molar-refractivity contribution in [2.24, 2.45) is 5.92 Å². The minimum atomic E-state index is -0.845. The number of likely N-dealkylation sites (tertiary alicyclic amines) is 1. The van der Waals surface area contributed by atoms with Crippen molar-refractivity contribution >= 4 is 29.1 Å². The molecule has 0 aliphatic carbocycles. The Bertz CT molecular complexity index is 1070. The highest BCUT2D eigenvalue weighted by atomic mass is 35.5. The maximum absolute atomic E-state index is 13.4. The number of hydrogen-bond acceptors (Lipinski definition) is 4. The van der Waals surface area contributed by atoms with E-state index in [-0.39, 0.29) is 18.4 Å². The van der Waals surface area contributed by atoms with Gasteiger partial charge in [-0.3, -0.25) is 19.3 Å². The molecule has 6 heteroatoms. The number of rotatable bonds is 4. The van der Waals surface area contributed by atoms with Crippen molar-refractivity contribution in [1.82, 2.24) is 4.90 Å². The molecule has 2 saturated heterocycles. The van der Waals surface area contributed by atoms with Crippen LogP contribution in [0.15, 0.2) is 84.9 Å². The molecule has 2 aliphatic heterocycles. The van der Waals surface area contributed by atoms with Gasteiger partial charge in [-0.05, 0) is 35.4 Å². The number of hydroxylamine groups is 1. The lowest BCUT2D eigenvalue weighted by molar-refractivity contribution is -0.143. The molecule has 3 unspecified atom stereocenters. The topological polar surface area (TPSA) is 49.9 Å². The number of benzene rings is 3. The van der Waals surface area contributed by atoms with Crippen molar-refractivity contribution in [1.29, 1.82) is 0 Å². The van der Waals surface area contributed by atoms with E-state index in [1.165, 1.54) is 4.90 Å². The largest absolute Gasteiger partial charge is 0.275 e.